The molecule has 0 bridgehead atoms. The van der Waals surface area contributed by atoms with E-state index < -0.39 is 34.1 Å². The van der Waals surface area contributed by atoms with Gasteiger partial charge in [-0.1, -0.05) is 37.1 Å². The van der Waals surface area contributed by atoms with Gasteiger partial charge in [0, 0.05) is 23.7 Å². The molecule has 1 aromatic carbocycles. The molecule has 0 spiro atoms. The summed E-state index contributed by atoms with van der Waals surface area (Å²) >= 11 is 0. The number of sulfonamides is 1. The maximum absolute atomic E-state index is 13.8. The van der Waals surface area contributed by atoms with E-state index in [1.54, 1.807) is 25.1 Å². The summed E-state index contributed by atoms with van der Waals surface area (Å²) in [5.74, 6) is -0.698. The number of Topliss-reactive ketones (excluding diaryl/α,β-unsaturated/α-hetero) is 1. The molecule has 0 radical (unpaired) electrons. The van der Waals surface area contributed by atoms with Crippen LogP contribution in [-0.4, -0.2) is 71.4 Å². The second-order valence-electron chi connectivity index (χ2n) is 10.3. The number of nitrogens with one attached hydrogen (secondary N) is 1. The van der Waals surface area contributed by atoms with Gasteiger partial charge in [-0.2, -0.15) is 4.31 Å². The molecule has 1 aliphatic carbocycles. The van der Waals surface area contributed by atoms with Gasteiger partial charge in [-0.25, -0.2) is 13.4 Å². The van der Waals surface area contributed by atoms with Crippen molar-refractivity contribution in [2.45, 2.75) is 55.8 Å². The summed E-state index contributed by atoms with van der Waals surface area (Å²) in [4.78, 5) is 45.6. The highest BCUT2D eigenvalue weighted by molar-refractivity contribution is 7.89. The first kappa shape index (κ1) is 24.7. The van der Waals surface area contributed by atoms with Gasteiger partial charge in [0.2, 0.25) is 5.91 Å². The zero-order chi connectivity index (χ0) is 26.6. The molecular weight excluding hydrogens is 508 g/mol. The average Bonchev–Trinajstić information content (AvgIpc) is 3.37. The van der Waals surface area contributed by atoms with E-state index in [1.807, 2.05) is 18.2 Å². The first-order valence-electron chi connectivity index (χ1n) is 12.8. The third kappa shape index (κ3) is 4.19. The maximum atomic E-state index is 13.8. The minimum Gasteiger partial charge on any atom is -0.451 e. The van der Waals surface area contributed by atoms with Gasteiger partial charge in [-0.05, 0) is 43.9 Å². The molecule has 3 fully saturated rings. The molecule has 3 atom stereocenters. The van der Waals surface area contributed by atoms with Crippen molar-refractivity contribution in [1.29, 1.82) is 0 Å². The number of aromatic nitrogens is 1. The summed E-state index contributed by atoms with van der Waals surface area (Å²) in [6.07, 6.45) is 4.14. The van der Waals surface area contributed by atoms with Crippen LogP contribution < -0.4 is 5.32 Å². The molecule has 6 rings (SSSR count). The first-order chi connectivity index (χ1) is 18.3. The van der Waals surface area contributed by atoms with Crippen molar-refractivity contribution in [1.82, 2.24) is 19.5 Å². The number of para-hydroxylation sites is 1. The SMILES string of the molecule is Cc1c(C(=O)NC(CC2CC2)C(=O)N2CCC3C2C(=O)CN3S(=O)(=O)c2ccccn2)oc2ccccc12. The average molecular weight is 537 g/mol. The number of fused-ring (bicyclic) bond motifs is 2. The monoisotopic (exact) mass is 536 g/mol. The molecule has 3 unspecified atom stereocenters. The fourth-order valence-electron chi connectivity index (χ4n) is 5.68. The third-order valence-corrected chi connectivity index (χ3v) is 9.58. The second-order valence-corrected chi connectivity index (χ2v) is 12.1. The Balaban J connectivity index is 1.23. The predicted molar refractivity (Wildman–Crippen MR) is 137 cm³/mol. The molecule has 3 aliphatic rings. The van der Waals surface area contributed by atoms with Crippen molar-refractivity contribution in [3.8, 4) is 0 Å². The molecule has 2 amide bonds. The quantitative estimate of drug-likeness (QED) is 0.490. The van der Waals surface area contributed by atoms with E-state index in [0.717, 1.165) is 18.2 Å². The van der Waals surface area contributed by atoms with E-state index in [4.69, 9.17) is 4.42 Å². The van der Waals surface area contributed by atoms with Crippen molar-refractivity contribution in [2.75, 3.05) is 13.1 Å². The minimum absolute atomic E-state index is 0.127. The van der Waals surface area contributed by atoms with E-state index >= 15 is 0 Å². The van der Waals surface area contributed by atoms with Gasteiger partial charge in [0.05, 0.1) is 12.6 Å². The Bertz CT molecular complexity index is 1530. The number of furan rings is 1. The van der Waals surface area contributed by atoms with Crippen LogP contribution in [0.15, 0.2) is 58.1 Å². The van der Waals surface area contributed by atoms with Crippen molar-refractivity contribution < 1.29 is 27.2 Å². The van der Waals surface area contributed by atoms with Crippen LogP contribution in [0.3, 0.4) is 0 Å². The van der Waals surface area contributed by atoms with Gasteiger partial charge in [-0.3, -0.25) is 14.4 Å². The van der Waals surface area contributed by atoms with Gasteiger partial charge in [0.1, 0.15) is 17.7 Å². The highest BCUT2D eigenvalue weighted by atomic mass is 32.2. The molecule has 2 aliphatic heterocycles. The van der Waals surface area contributed by atoms with E-state index in [1.165, 1.54) is 21.5 Å². The molecule has 38 heavy (non-hydrogen) atoms. The van der Waals surface area contributed by atoms with E-state index in [9.17, 15) is 22.8 Å². The number of carbonyl (C=O) groups is 3. The summed E-state index contributed by atoms with van der Waals surface area (Å²) in [6.45, 7) is 1.72. The molecular formula is C27H28N4O6S. The number of amides is 2. The molecule has 4 heterocycles. The Morgan fingerprint density at radius 3 is 2.61 bits per heavy atom. The number of aryl methyl sites for hydroxylation is 1. The Morgan fingerprint density at radius 2 is 1.89 bits per heavy atom. The number of pyridine rings is 1. The van der Waals surface area contributed by atoms with Crippen molar-refractivity contribution in [3.63, 3.8) is 0 Å². The molecule has 1 saturated carbocycles. The van der Waals surface area contributed by atoms with Crippen molar-refractivity contribution in [3.05, 3.63) is 60.0 Å². The molecule has 2 saturated heterocycles. The van der Waals surface area contributed by atoms with Crippen LogP contribution >= 0.6 is 0 Å². The summed E-state index contributed by atoms with van der Waals surface area (Å²) in [7, 11) is -4.00. The predicted octanol–water partition coefficient (Wildman–Crippen LogP) is 2.28. The number of hydrogen-bond donors (Lipinski definition) is 1. The van der Waals surface area contributed by atoms with E-state index in [-0.39, 0.29) is 35.6 Å². The lowest BCUT2D eigenvalue weighted by Crippen LogP contribution is -2.52. The van der Waals surface area contributed by atoms with Gasteiger partial charge >= 0.3 is 0 Å². The lowest BCUT2D eigenvalue weighted by atomic mass is 10.1. The van der Waals surface area contributed by atoms with Gasteiger partial charge in [0.15, 0.2) is 16.6 Å². The standard InChI is InChI=1S/C27H28N4O6S/c1-16-18-6-2-3-7-22(18)37-25(16)26(33)29-19(14-17-9-10-17)27(34)30-13-11-20-24(30)21(32)15-31(20)38(35,36)23-8-4-5-12-28-23/h2-8,12,17,19-20,24H,9-11,13-15H2,1H3,(H,29,33). The van der Waals surface area contributed by atoms with Crippen LogP contribution in [0, 0.1) is 12.8 Å². The van der Waals surface area contributed by atoms with Gasteiger partial charge < -0.3 is 14.6 Å². The molecule has 2 aromatic heterocycles. The molecule has 10 nitrogen and oxygen atoms in total. The number of nitrogens with zero attached hydrogens (tertiary/aromatic N) is 3. The summed E-state index contributed by atoms with van der Waals surface area (Å²) in [5, 5.41) is 3.57. The molecule has 1 N–H and O–H groups in total. The van der Waals surface area contributed by atoms with Crippen LogP contribution in [0.2, 0.25) is 0 Å². The topological polar surface area (TPSA) is 130 Å². The van der Waals surface area contributed by atoms with Crippen LogP contribution in [0.5, 0.6) is 0 Å². The van der Waals surface area contributed by atoms with Gasteiger partial charge in [-0.15, -0.1) is 0 Å². The zero-order valence-corrected chi connectivity index (χ0v) is 21.7. The minimum atomic E-state index is -4.00. The molecule has 3 aromatic rings. The smallest absolute Gasteiger partial charge is 0.287 e. The fourth-order valence-corrected chi connectivity index (χ4v) is 7.24. The number of rotatable bonds is 7. The Hall–Kier alpha value is -3.57. The van der Waals surface area contributed by atoms with Crippen LogP contribution in [0.1, 0.15) is 41.8 Å². The summed E-state index contributed by atoms with van der Waals surface area (Å²) in [6, 6.07) is 9.56. The number of benzene rings is 1. The second kappa shape index (κ2) is 9.32. The maximum Gasteiger partial charge on any atom is 0.287 e. The lowest BCUT2D eigenvalue weighted by Gasteiger charge is -2.28. The van der Waals surface area contributed by atoms with E-state index in [0.29, 0.717) is 29.9 Å². The van der Waals surface area contributed by atoms with Crippen LogP contribution in [0.25, 0.3) is 11.0 Å². The van der Waals surface area contributed by atoms with Crippen molar-refractivity contribution in [2.24, 2.45) is 5.92 Å². The fraction of sp³-hybridized carbons (Fsp3) is 0.407. The number of carbonyl (C=O) groups excluding carboxylic acids is 3. The third-order valence-electron chi connectivity index (χ3n) is 7.79. The Morgan fingerprint density at radius 1 is 1.13 bits per heavy atom. The van der Waals surface area contributed by atoms with Crippen molar-refractivity contribution >= 4 is 38.6 Å². The number of hydrogen-bond acceptors (Lipinski definition) is 7. The Labute approximate surface area is 220 Å². The Kier molecular flexibility index (Phi) is 6.07. The number of ketones is 1. The first-order valence-corrected chi connectivity index (χ1v) is 14.2. The molecule has 11 heteroatoms. The van der Waals surface area contributed by atoms with Crippen LogP contribution in [0.4, 0.5) is 0 Å². The van der Waals surface area contributed by atoms with Gasteiger partial charge in [0.25, 0.3) is 15.9 Å². The molecule has 198 valence electrons. The lowest BCUT2D eigenvalue weighted by molar-refractivity contribution is -0.138. The highest BCUT2D eigenvalue weighted by Crippen LogP contribution is 2.37. The number of likely N-dealkylation sites (tertiary alicyclic amines) is 1. The van der Waals surface area contributed by atoms with E-state index in [2.05, 4.69) is 10.3 Å². The highest BCUT2D eigenvalue weighted by Gasteiger charge is 2.54. The summed E-state index contributed by atoms with van der Waals surface area (Å²) < 4.78 is 33.4. The van der Waals surface area contributed by atoms with Crippen LogP contribution in [-0.2, 0) is 19.6 Å². The zero-order valence-electron chi connectivity index (χ0n) is 20.9. The largest absolute Gasteiger partial charge is 0.451 e. The normalized spacial score (nSPS) is 22.6. The summed E-state index contributed by atoms with van der Waals surface area (Å²) in [5.41, 5.74) is 1.28.